The molecule has 13 heavy (non-hydrogen) atoms. The minimum Gasteiger partial charge on any atom is -0.351 e. The molecule has 1 atom stereocenters. The molecule has 5 nitrogen and oxygen atoms in total. The monoisotopic (exact) mass is 188 g/mol. The van der Waals surface area contributed by atoms with Crippen molar-refractivity contribution in [2.75, 3.05) is 20.6 Å². The van der Waals surface area contributed by atoms with E-state index in [1.165, 1.54) is 0 Å². The topological polar surface area (TPSA) is 61.6 Å². The SMILES string of the molecule is CCC(N(C)C)N(CC)NC(N)=O. The van der Waals surface area contributed by atoms with Crippen LogP contribution in [0.25, 0.3) is 0 Å². The van der Waals surface area contributed by atoms with E-state index in [9.17, 15) is 4.79 Å². The quantitative estimate of drug-likeness (QED) is 0.478. The summed E-state index contributed by atoms with van der Waals surface area (Å²) in [6.45, 7) is 4.78. The van der Waals surface area contributed by atoms with Crippen molar-refractivity contribution in [3.8, 4) is 0 Å². The number of hydrogen-bond acceptors (Lipinski definition) is 3. The highest BCUT2D eigenvalue weighted by atomic mass is 16.2. The van der Waals surface area contributed by atoms with E-state index < -0.39 is 6.03 Å². The number of nitrogens with zero attached hydrogens (tertiary/aromatic N) is 2. The Hall–Kier alpha value is -0.810. The number of nitrogens with two attached hydrogens (primary N) is 1. The van der Waals surface area contributed by atoms with E-state index in [-0.39, 0.29) is 6.17 Å². The first-order valence-corrected chi connectivity index (χ1v) is 4.52. The molecule has 2 amide bonds. The average Bonchev–Trinajstić information content (AvgIpc) is 2.02. The summed E-state index contributed by atoms with van der Waals surface area (Å²) < 4.78 is 0. The van der Waals surface area contributed by atoms with Gasteiger partial charge in [0.15, 0.2) is 0 Å². The highest BCUT2D eigenvalue weighted by Crippen LogP contribution is 2.03. The van der Waals surface area contributed by atoms with Crippen molar-refractivity contribution in [2.24, 2.45) is 5.73 Å². The first kappa shape index (κ1) is 12.2. The van der Waals surface area contributed by atoms with Crippen LogP contribution in [0.1, 0.15) is 20.3 Å². The minimum atomic E-state index is -0.512. The van der Waals surface area contributed by atoms with Gasteiger partial charge < -0.3 is 5.73 Å². The van der Waals surface area contributed by atoms with Gasteiger partial charge in [-0.15, -0.1) is 0 Å². The van der Waals surface area contributed by atoms with E-state index in [1.54, 1.807) is 0 Å². The maximum Gasteiger partial charge on any atom is 0.326 e. The normalized spacial score (nSPS) is 13.4. The molecule has 0 rings (SSSR count). The number of amides is 2. The molecule has 5 heteroatoms. The molecule has 1 unspecified atom stereocenters. The smallest absolute Gasteiger partial charge is 0.326 e. The number of hydrogen-bond donors (Lipinski definition) is 2. The molecule has 0 saturated carbocycles. The van der Waals surface area contributed by atoms with Crippen molar-refractivity contribution in [1.29, 1.82) is 0 Å². The van der Waals surface area contributed by atoms with Gasteiger partial charge >= 0.3 is 6.03 Å². The lowest BCUT2D eigenvalue weighted by molar-refractivity contribution is 0.0477. The zero-order valence-corrected chi connectivity index (χ0v) is 8.87. The van der Waals surface area contributed by atoms with Gasteiger partial charge in [0.05, 0.1) is 6.17 Å². The van der Waals surface area contributed by atoms with Crippen LogP contribution in [-0.4, -0.2) is 42.7 Å². The lowest BCUT2D eigenvalue weighted by Crippen LogP contribution is -2.54. The molecule has 0 aromatic rings. The second kappa shape index (κ2) is 5.77. The summed E-state index contributed by atoms with van der Waals surface area (Å²) in [7, 11) is 3.94. The summed E-state index contributed by atoms with van der Waals surface area (Å²) in [5.74, 6) is 0. The zero-order valence-electron chi connectivity index (χ0n) is 8.87. The van der Waals surface area contributed by atoms with Crippen molar-refractivity contribution >= 4 is 6.03 Å². The van der Waals surface area contributed by atoms with Crippen LogP contribution in [0.3, 0.4) is 0 Å². The Kier molecular flexibility index (Phi) is 5.41. The van der Waals surface area contributed by atoms with Gasteiger partial charge in [0.25, 0.3) is 0 Å². The van der Waals surface area contributed by atoms with Crippen LogP contribution in [0.15, 0.2) is 0 Å². The Balaban J connectivity index is 4.25. The first-order valence-electron chi connectivity index (χ1n) is 4.52. The van der Waals surface area contributed by atoms with Gasteiger partial charge in [-0.2, -0.15) is 0 Å². The van der Waals surface area contributed by atoms with E-state index in [2.05, 4.69) is 12.3 Å². The molecule has 78 valence electrons. The summed E-state index contributed by atoms with van der Waals surface area (Å²) in [6.07, 6.45) is 1.12. The van der Waals surface area contributed by atoms with Crippen LogP contribution in [0.2, 0.25) is 0 Å². The highest BCUT2D eigenvalue weighted by molar-refractivity contribution is 5.70. The van der Waals surface area contributed by atoms with E-state index in [4.69, 9.17) is 5.73 Å². The fourth-order valence-corrected chi connectivity index (χ4v) is 1.37. The molecule has 0 radical (unpaired) electrons. The second-order valence-corrected chi connectivity index (χ2v) is 3.11. The molecule has 0 bridgehead atoms. The molecule has 0 fully saturated rings. The first-order chi connectivity index (χ1) is 6.02. The Labute approximate surface area is 79.8 Å². The molecule has 0 aliphatic heterocycles. The molecule has 0 saturated heterocycles. The molecule has 0 spiro atoms. The standard InChI is InChI=1S/C8H20N4O/c1-5-7(11(3)4)12(6-2)10-8(9)13/h7H,5-6H2,1-4H3,(H3,9,10,13). The molecule has 3 N–H and O–H groups in total. The van der Waals surface area contributed by atoms with E-state index in [1.807, 2.05) is 30.9 Å². The summed E-state index contributed by atoms with van der Waals surface area (Å²) in [4.78, 5) is 12.7. The number of carbonyl (C=O) groups excluding carboxylic acids is 1. The number of urea groups is 1. The van der Waals surface area contributed by atoms with Crippen LogP contribution in [0.4, 0.5) is 4.79 Å². The van der Waals surface area contributed by atoms with Crippen molar-refractivity contribution in [3.05, 3.63) is 0 Å². The Morgan fingerprint density at radius 2 is 2.00 bits per heavy atom. The molecule has 0 aromatic carbocycles. The maximum absolute atomic E-state index is 10.7. The van der Waals surface area contributed by atoms with Gasteiger partial charge in [0.1, 0.15) is 0 Å². The lowest BCUT2D eigenvalue weighted by atomic mass is 10.3. The molecule has 0 aliphatic carbocycles. The predicted octanol–water partition coefficient (Wildman–Crippen LogP) is 0.189. The van der Waals surface area contributed by atoms with Crippen molar-refractivity contribution < 1.29 is 4.79 Å². The summed E-state index contributed by atoms with van der Waals surface area (Å²) in [5.41, 5.74) is 7.64. The van der Waals surface area contributed by atoms with Crippen molar-refractivity contribution in [1.82, 2.24) is 15.3 Å². The fraction of sp³-hybridized carbons (Fsp3) is 0.875. The molecule has 0 aromatic heterocycles. The van der Waals surface area contributed by atoms with Gasteiger partial charge in [-0.3, -0.25) is 10.3 Å². The van der Waals surface area contributed by atoms with Gasteiger partial charge in [-0.25, -0.2) is 9.80 Å². The number of nitrogens with one attached hydrogen (secondary N) is 1. The predicted molar refractivity (Wildman–Crippen MR) is 52.9 cm³/mol. The molecular formula is C8H20N4O. The third-order valence-corrected chi connectivity index (χ3v) is 1.92. The Morgan fingerprint density at radius 1 is 1.46 bits per heavy atom. The van der Waals surface area contributed by atoms with Crippen LogP contribution < -0.4 is 11.2 Å². The van der Waals surface area contributed by atoms with E-state index >= 15 is 0 Å². The molecule has 0 heterocycles. The van der Waals surface area contributed by atoms with Crippen LogP contribution >= 0.6 is 0 Å². The number of primary amides is 1. The summed E-state index contributed by atoms with van der Waals surface area (Å²) in [6, 6.07) is -0.512. The number of hydrazine groups is 1. The summed E-state index contributed by atoms with van der Waals surface area (Å²) in [5, 5.41) is 1.82. The Bertz CT molecular complexity index is 160. The van der Waals surface area contributed by atoms with E-state index in [0.717, 1.165) is 13.0 Å². The van der Waals surface area contributed by atoms with Gasteiger partial charge in [0.2, 0.25) is 0 Å². The zero-order chi connectivity index (χ0) is 10.4. The lowest BCUT2D eigenvalue weighted by Gasteiger charge is -2.34. The van der Waals surface area contributed by atoms with Crippen molar-refractivity contribution in [2.45, 2.75) is 26.4 Å². The summed E-state index contributed by atoms with van der Waals surface area (Å²) >= 11 is 0. The number of rotatable bonds is 5. The van der Waals surface area contributed by atoms with Gasteiger partial charge in [-0.05, 0) is 20.5 Å². The third kappa shape index (κ3) is 4.10. The highest BCUT2D eigenvalue weighted by Gasteiger charge is 2.17. The fourth-order valence-electron chi connectivity index (χ4n) is 1.37. The van der Waals surface area contributed by atoms with Gasteiger partial charge in [0, 0.05) is 6.54 Å². The largest absolute Gasteiger partial charge is 0.351 e. The molecular weight excluding hydrogens is 168 g/mol. The van der Waals surface area contributed by atoms with Crippen LogP contribution in [-0.2, 0) is 0 Å². The minimum absolute atomic E-state index is 0.192. The van der Waals surface area contributed by atoms with Crippen LogP contribution in [0.5, 0.6) is 0 Å². The average molecular weight is 188 g/mol. The van der Waals surface area contributed by atoms with Crippen molar-refractivity contribution in [3.63, 3.8) is 0 Å². The van der Waals surface area contributed by atoms with Crippen LogP contribution in [0, 0.1) is 0 Å². The molecule has 0 aliphatic rings. The van der Waals surface area contributed by atoms with Gasteiger partial charge in [-0.1, -0.05) is 13.8 Å². The Morgan fingerprint density at radius 3 is 2.23 bits per heavy atom. The number of carbonyl (C=O) groups is 1. The maximum atomic E-state index is 10.7. The van der Waals surface area contributed by atoms with E-state index in [0.29, 0.717) is 0 Å². The third-order valence-electron chi connectivity index (χ3n) is 1.92. The second-order valence-electron chi connectivity index (χ2n) is 3.11.